The van der Waals surface area contributed by atoms with Crippen molar-refractivity contribution in [3.63, 3.8) is 0 Å². The molecule has 25 heavy (non-hydrogen) atoms. The summed E-state index contributed by atoms with van der Waals surface area (Å²) >= 11 is 0. The van der Waals surface area contributed by atoms with Gasteiger partial charge in [0.05, 0.1) is 6.20 Å². The van der Waals surface area contributed by atoms with Gasteiger partial charge < -0.3 is 15.4 Å². The number of carbonyl (C=O) groups excluding carboxylic acids is 1. The SMILES string of the molecule is CC(CC(=O)Nc1cnccc1Oc1ccccc1)C1CCNCC1. The number of hydrogen-bond acceptors (Lipinski definition) is 4. The Morgan fingerprint density at radius 3 is 2.80 bits per heavy atom. The maximum atomic E-state index is 12.5. The van der Waals surface area contributed by atoms with Crippen molar-refractivity contribution < 1.29 is 9.53 Å². The van der Waals surface area contributed by atoms with Crippen LogP contribution in [0.15, 0.2) is 48.8 Å². The summed E-state index contributed by atoms with van der Waals surface area (Å²) in [5, 5.41) is 6.33. The number of ether oxygens (including phenoxy) is 1. The van der Waals surface area contributed by atoms with Crippen molar-refractivity contribution in [3.05, 3.63) is 48.8 Å². The number of rotatable bonds is 6. The lowest BCUT2D eigenvalue weighted by Crippen LogP contribution is -2.32. The van der Waals surface area contributed by atoms with Crippen molar-refractivity contribution in [1.82, 2.24) is 10.3 Å². The number of nitrogens with zero attached hydrogens (tertiary/aromatic N) is 1. The smallest absolute Gasteiger partial charge is 0.224 e. The molecular formula is C20H25N3O2. The second-order valence-electron chi connectivity index (χ2n) is 6.60. The first kappa shape index (κ1) is 17.4. The molecule has 1 aliphatic rings. The summed E-state index contributed by atoms with van der Waals surface area (Å²) in [6.45, 7) is 4.27. The number of piperidine rings is 1. The van der Waals surface area contributed by atoms with Crippen LogP contribution in [0, 0.1) is 11.8 Å². The largest absolute Gasteiger partial charge is 0.455 e. The molecule has 1 atom stereocenters. The molecule has 0 aliphatic carbocycles. The van der Waals surface area contributed by atoms with Crippen molar-refractivity contribution in [2.75, 3.05) is 18.4 Å². The van der Waals surface area contributed by atoms with Crippen LogP contribution in [0.5, 0.6) is 11.5 Å². The first-order valence-corrected chi connectivity index (χ1v) is 8.90. The minimum absolute atomic E-state index is 0.0111. The summed E-state index contributed by atoms with van der Waals surface area (Å²) in [7, 11) is 0. The van der Waals surface area contributed by atoms with Gasteiger partial charge in [0, 0.05) is 18.7 Å². The minimum Gasteiger partial charge on any atom is -0.455 e. The van der Waals surface area contributed by atoms with Gasteiger partial charge in [0.1, 0.15) is 11.4 Å². The Balaban J connectivity index is 1.61. The molecule has 5 heteroatoms. The third kappa shape index (κ3) is 5.03. The highest BCUT2D eigenvalue weighted by Crippen LogP contribution is 2.29. The van der Waals surface area contributed by atoms with E-state index in [2.05, 4.69) is 22.5 Å². The molecule has 132 valence electrons. The van der Waals surface area contributed by atoms with Crippen LogP contribution in [0.1, 0.15) is 26.2 Å². The normalized spacial score (nSPS) is 16.2. The first-order chi connectivity index (χ1) is 12.2. The zero-order valence-corrected chi connectivity index (χ0v) is 14.6. The number of hydrogen-bond donors (Lipinski definition) is 2. The lowest BCUT2D eigenvalue weighted by Gasteiger charge is -2.27. The predicted molar refractivity (Wildman–Crippen MR) is 98.8 cm³/mol. The number of anilines is 1. The summed E-state index contributed by atoms with van der Waals surface area (Å²) in [6.07, 6.45) is 6.09. The highest BCUT2D eigenvalue weighted by molar-refractivity contribution is 5.92. The molecule has 5 nitrogen and oxygen atoms in total. The van der Waals surface area contributed by atoms with Gasteiger partial charge in [0.15, 0.2) is 5.75 Å². The Kier molecular flexibility index (Phi) is 6.01. The van der Waals surface area contributed by atoms with Gasteiger partial charge in [0.25, 0.3) is 0 Å². The Bertz CT molecular complexity index is 684. The number of amides is 1. The standard InChI is InChI=1S/C20H25N3O2/c1-15(16-7-10-21-11-8-16)13-20(24)23-18-14-22-12-9-19(18)25-17-5-3-2-4-6-17/h2-6,9,12,14-16,21H,7-8,10-11,13H2,1H3,(H,23,24). The van der Waals surface area contributed by atoms with Gasteiger partial charge in [-0.3, -0.25) is 9.78 Å². The van der Waals surface area contributed by atoms with E-state index in [0.717, 1.165) is 31.7 Å². The highest BCUT2D eigenvalue weighted by atomic mass is 16.5. The Labute approximate surface area is 148 Å². The molecule has 1 amide bonds. The fourth-order valence-electron chi connectivity index (χ4n) is 3.25. The second kappa shape index (κ2) is 8.62. The summed E-state index contributed by atoms with van der Waals surface area (Å²) in [5.74, 6) is 2.33. The van der Waals surface area contributed by atoms with Crippen molar-refractivity contribution in [3.8, 4) is 11.5 Å². The summed E-state index contributed by atoms with van der Waals surface area (Å²) in [4.78, 5) is 16.6. The number of carbonyl (C=O) groups is 1. The Morgan fingerprint density at radius 1 is 1.28 bits per heavy atom. The quantitative estimate of drug-likeness (QED) is 0.839. The molecule has 3 rings (SSSR count). The van der Waals surface area contributed by atoms with Crippen LogP contribution >= 0.6 is 0 Å². The summed E-state index contributed by atoms with van der Waals surface area (Å²) in [5.41, 5.74) is 0.605. The number of para-hydroxylation sites is 1. The first-order valence-electron chi connectivity index (χ1n) is 8.90. The molecule has 2 heterocycles. The second-order valence-corrected chi connectivity index (χ2v) is 6.60. The molecule has 2 aromatic rings. The zero-order valence-electron chi connectivity index (χ0n) is 14.6. The molecule has 1 unspecified atom stereocenters. The maximum absolute atomic E-state index is 12.5. The van der Waals surface area contributed by atoms with Gasteiger partial charge in [-0.25, -0.2) is 0 Å². The highest BCUT2D eigenvalue weighted by Gasteiger charge is 2.22. The van der Waals surface area contributed by atoms with Crippen LogP contribution in [0.25, 0.3) is 0 Å². The molecule has 2 N–H and O–H groups in total. The lowest BCUT2D eigenvalue weighted by atomic mass is 9.84. The van der Waals surface area contributed by atoms with E-state index in [1.165, 1.54) is 0 Å². The monoisotopic (exact) mass is 339 g/mol. The molecule has 1 aromatic carbocycles. The molecule has 1 saturated heterocycles. The zero-order chi connectivity index (χ0) is 17.5. The Hall–Kier alpha value is -2.40. The van der Waals surface area contributed by atoms with Gasteiger partial charge in [-0.05, 0) is 49.9 Å². The lowest BCUT2D eigenvalue weighted by molar-refractivity contribution is -0.117. The van der Waals surface area contributed by atoms with Crippen LogP contribution in [0.2, 0.25) is 0 Å². The molecular weight excluding hydrogens is 314 g/mol. The van der Waals surface area contributed by atoms with Crippen molar-refractivity contribution in [1.29, 1.82) is 0 Å². The van der Waals surface area contributed by atoms with E-state index < -0.39 is 0 Å². The topological polar surface area (TPSA) is 63.2 Å². The molecule has 0 bridgehead atoms. The average molecular weight is 339 g/mol. The molecule has 0 saturated carbocycles. The number of nitrogens with one attached hydrogen (secondary N) is 2. The van der Waals surface area contributed by atoms with Crippen LogP contribution in [0.4, 0.5) is 5.69 Å². The Morgan fingerprint density at radius 2 is 2.04 bits per heavy atom. The van der Waals surface area contributed by atoms with Crippen molar-refractivity contribution >= 4 is 11.6 Å². The van der Waals surface area contributed by atoms with E-state index >= 15 is 0 Å². The third-order valence-corrected chi connectivity index (χ3v) is 4.72. The third-order valence-electron chi connectivity index (χ3n) is 4.72. The van der Waals surface area contributed by atoms with E-state index in [9.17, 15) is 4.79 Å². The number of aromatic nitrogens is 1. The van der Waals surface area contributed by atoms with Gasteiger partial charge in [0.2, 0.25) is 5.91 Å². The maximum Gasteiger partial charge on any atom is 0.224 e. The van der Waals surface area contributed by atoms with Gasteiger partial charge in [-0.15, -0.1) is 0 Å². The van der Waals surface area contributed by atoms with Crippen molar-refractivity contribution in [2.24, 2.45) is 11.8 Å². The fourth-order valence-corrected chi connectivity index (χ4v) is 3.25. The molecule has 1 aliphatic heterocycles. The van der Waals surface area contributed by atoms with E-state index in [0.29, 0.717) is 29.7 Å². The van der Waals surface area contributed by atoms with E-state index in [-0.39, 0.29) is 5.91 Å². The number of pyridine rings is 1. The number of benzene rings is 1. The molecule has 1 aromatic heterocycles. The summed E-state index contributed by atoms with van der Waals surface area (Å²) in [6, 6.07) is 11.3. The van der Waals surface area contributed by atoms with E-state index in [1.54, 1.807) is 18.5 Å². The summed E-state index contributed by atoms with van der Waals surface area (Å²) < 4.78 is 5.87. The minimum atomic E-state index is 0.0111. The van der Waals surface area contributed by atoms with Gasteiger partial charge in [-0.1, -0.05) is 25.1 Å². The molecule has 1 fully saturated rings. The van der Waals surface area contributed by atoms with Crippen molar-refractivity contribution in [2.45, 2.75) is 26.2 Å². The average Bonchev–Trinajstić information content (AvgIpc) is 2.65. The van der Waals surface area contributed by atoms with Crippen LogP contribution in [-0.2, 0) is 4.79 Å². The van der Waals surface area contributed by atoms with E-state index in [1.807, 2.05) is 30.3 Å². The van der Waals surface area contributed by atoms with Gasteiger partial charge >= 0.3 is 0 Å². The van der Waals surface area contributed by atoms with Gasteiger partial charge in [-0.2, -0.15) is 0 Å². The molecule has 0 spiro atoms. The molecule has 0 radical (unpaired) electrons. The van der Waals surface area contributed by atoms with Crippen LogP contribution < -0.4 is 15.4 Å². The van der Waals surface area contributed by atoms with Crippen LogP contribution in [-0.4, -0.2) is 24.0 Å². The predicted octanol–water partition coefficient (Wildman–Crippen LogP) is 3.84. The van der Waals surface area contributed by atoms with E-state index in [4.69, 9.17) is 4.74 Å². The van der Waals surface area contributed by atoms with Crippen LogP contribution in [0.3, 0.4) is 0 Å². The fraction of sp³-hybridized carbons (Fsp3) is 0.400.